The van der Waals surface area contributed by atoms with Crippen LogP contribution in [-0.2, 0) is 9.53 Å². The lowest BCUT2D eigenvalue weighted by Gasteiger charge is -2.37. The van der Waals surface area contributed by atoms with Gasteiger partial charge in [0, 0.05) is 45.7 Å². The summed E-state index contributed by atoms with van der Waals surface area (Å²) in [6.45, 7) is 5.68. The lowest BCUT2D eigenvalue weighted by molar-refractivity contribution is -0.127. The summed E-state index contributed by atoms with van der Waals surface area (Å²) in [5, 5.41) is 13.7. The molecule has 8 heteroatoms. The number of H-pyrrole nitrogens is 1. The number of carbonyl (C=O) groups is 2. The number of nitrogens with zero attached hydrogens (tertiary/aromatic N) is 2. The predicted octanol–water partition coefficient (Wildman–Crippen LogP) is 4.60. The molecular weight excluding hydrogens is 400 g/mol. The average Bonchev–Trinajstić information content (AvgIpc) is 3.36. The summed E-state index contributed by atoms with van der Waals surface area (Å²) < 4.78 is 5.49. The number of thiophene rings is 1. The Kier molecular flexibility index (Phi) is 4.21. The van der Waals surface area contributed by atoms with Gasteiger partial charge in [0.25, 0.3) is 5.91 Å². The quantitative estimate of drug-likeness (QED) is 0.598. The summed E-state index contributed by atoms with van der Waals surface area (Å²) in [6, 6.07) is 8.06. The molecule has 7 nitrogen and oxygen atoms in total. The third-order valence-corrected chi connectivity index (χ3v) is 6.29. The Morgan fingerprint density at radius 1 is 1.30 bits per heavy atom. The molecular formula is C22H22N4O3S. The highest BCUT2D eigenvalue weighted by Gasteiger charge is 2.42. The minimum absolute atomic E-state index is 0.280. The van der Waals surface area contributed by atoms with Gasteiger partial charge in [0.2, 0.25) is 0 Å². The van der Waals surface area contributed by atoms with Crippen molar-refractivity contribution in [3.63, 3.8) is 0 Å². The van der Waals surface area contributed by atoms with Crippen LogP contribution in [0.2, 0.25) is 0 Å². The maximum atomic E-state index is 13.6. The Hall–Kier alpha value is -3.13. The second kappa shape index (κ2) is 6.70. The van der Waals surface area contributed by atoms with Crippen LogP contribution in [0.4, 0.5) is 10.5 Å². The molecule has 1 atom stereocenters. The van der Waals surface area contributed by atoms with E-state index in [-0.39, 0.29) is 11.8 Å². The second-order valence-electron chi connectivity index (χ2n) is 8.51. The first-order valence-electron chi connectivity index (χ1n) is 9.88. The normalized spacial score (nSPS) is 18.8. The molecule has 2 aliphatic heterocycles. The molecule has 3 aromatic rings. The summed E-state index contributed by atoms with van der Waals surface area (Å²) >= 11 is 1.60. The highest BCUT2D eigenvalue weighted by molar-refractivity contribution is 7.10. The van der Waals surface area contributed by atoms with E-state index in [1.54, 1.807) is 38.3 Å². The summed E-state index contributed by atoms with van der Waals surface area (Å²) in [7, 11) is 0. The SMILES string of the molecule is CC(C)(C)OC(=O)N1CCC2=C(C1=O)C(c1cccs1)c1c(ccc3cn[nH]c13)N2. The van der Waals surface area contributed by atoms with Gasteiger partial charge in [0.05, 0.1) is 17.6 Å². The molecule has 0 bridgehead atoms. The van der Waals surface area contributed by atoms with E-state index in [0.717, 1.165) is 32.7 Å². The summed E-state index contributed by atoms with van der Waals surface area (Å²) in [5.74, 6) is -0.586. The number of imide groups is 1. The minimum atomic E-state index is -0.668. The summed E-state index contributed by atoms with van der Waals surface area (Å²) in [5.41, 5.74) is 3.63. The number of hydrogen-bond donors (Lipinski definition) is 2. The molecule has 154 valence electrons. The monoisotopic (exact) mass is 422 g/mol. The predicted molar refractivity (Wildman–Crippen MR) is 115 cm³/mol. The fraction of sp³-hybridized carbons (Fsp3) is 0.318. The van der Waals surface area contributed by atoms with Crippen LogP contribution in [0.5, 0.6) is 0 Å². The number of hydrogen-bond acceptors (Lipinski definition) is 6. The van der Waals surface area contributed by atoms with Crippen molar-refractivity contribution < 1.29 is 14.3 Å². The Bertz CT molecular complexity index is 1190. The van der Waals surface area contributed by atoms with Crippen molar-refractivity contribution in [2.45, 2.75) is 38.7 Å². The molecule has 1 aromatic carbocycles. The second-order valence-corrected chi connectivity index (χ2v) is 9.49. The van der Waals surface area contributed by atoms with E-state index in [4.69, 9.17) is 4.74 Å². The first-order chi connectivity index (χ1) is 14.3. The first kappa shape index (κ1) is 18.9. The van der Waals surface area contributed by atoms with Crippen LogP contribution < -0.4 is 5.32 Å². The molecule has 1 unspecified atom stereocenters. The van der Waals surface area contributed by atoms with Gasteiger partial charge in [-0.25, -0.2) is 9.69 Å². The number of amides is 2. The number of ether oxygens (including phenoxy) is 1. The van der Waals surface area contributed by atoms with Crippen molar-refractivity contribution in [2.75, 3.05) is 11.9 Å². The molecule has 0 radical (unpaired) electrons. The van der Waals surface area contributed by atoms with E-state index in [1.165, 1.54) is 4.90 Å². The zero-order chi connectivity index (χ0) is 21.0. The van der Waals surface area contributed by atoms with Gasteiger partial charge in [0.1, 0.15) is 5.60 Å². The molecule has 0 saturated carbocycles. The van der Waals surface area contributed by atoms with Crippen molar-refractivity contribution >= 4 is 39.9 Å². The third kappa shape index (κ3) is 2.99. The van der Waals surface area contributed by atoms with Crippen LogP contribution in [0.15, 0.2) is 47.1 Å². The van der Waals surface area contributed by atoms with E-state index in [0.29, 0.717) is 18.5 Å². The van der Waals surface area contributed by atoms with Crippen LogP contribution >= 0.6 is 11.3 Å². The van der Waals surface area contributed by atoms with Crippen LogP contribution in [0.3, 0.4) is 0 Å². The lowest BCUT2D eigenvalue weighted by Crippen LogP contribution is -2.47. The topological polar surface area (TPSA) is 87.3 Å². The highest BCUT2D eigenvalue weighted by atomic mass is 32.1. The molecule has 2 N–H and O–H groups in total. The van der Waals surface area contributed by atoms with Gasteiger partial charge in [-0.05, 0) is 44.4 Å². The number of benzene rings is 1. The Morgan fingerprint density at radius 2 is 2.13 bits per heavy atom. The van der Waals surface area contributed by atoms with Crippen molar-refractivity contribution in [3.8, 4) is 0 Å². The van der Waals surface area contributed by atoms with E-state index in [2.05, 4.69) is 15.5 Å². The summed E-state index contributed by atoms with van der Waals surface area (Å²) in [6.07, 6.45) is 1.73. The Labute approximate surface area is 177 Å². The maximum Gasteiger partial charge on any atom is 0.417 e. The van der Waals surface area contributed by atoms with E-state index >= 15 is 0 Å². The number of rotatable bonds is 1. The standard InChI is InChI=1S/C22H22N4O3S/c1-22(2,3)29-21(28)26-9-8-14-17(20(26)27)18(15-5-4-10-30-15)16-13(24-14)7-6-12-11-23-25-19(12)16/h4-7,10-11,18,24H,8-9H2,1-3H3,(H,23,25). The molecule has 4 heterocycles. The average molecular weight is 423 g/mol. The van der Waals surface area contributed by atoms with Gasteiger partial charge in [0.15, 0.2) is 0 Å². The van der Waals surface area contributed by atoms with E-state index in [1.807, 2.05) is 29.6 Å². The van der Waals surface area contributed by atoms with E-state index in [9.17, 15) is 9.59 Å². The number of anilines is 1. The summed E-state index contributed by atoms with van der Waals surface area (Å²) in [4.78, 5) is 28.6. The zero-order valence-electron chi connectivity index (χ0n) is 17.0. The largest absolute Gasteiger partial charge is 0.443 e. The van der Waals surface area contributed by atoms with Gasteiger partial charge in [-0.2, -0.15) is 5.10 Å². The molecule has 2 aromatic heterocycles. The van der Waals surface area contributed by atoms with Gasteiger partial charge in [-0.15, -0.1) is 11.3 Å². The molecule has 5 rings (SSSR count). The van der Waals surface area contributed by atoms with Crippen LogP contribution in [0, 0.1) is 0 Å². The number of aromatic amines is 1. The van der Waals surface area contributed by atoms with Gasteiger partial charge >= 0.3 is 6.09 Å². The Morgan fingerprint density at radius 3 is 2.87 bits per heavy atom. The molecule has 0 aliphatic carbocycles. The van der Waals surface area contributed by atoms with Crippen molar-refractivity contribution in [3.05, 3.63) is 57.6 Å². The fourth-order valence-electron chi connectivity index (χ4n) is 4.14. The Balaban J connectivity index is 1.64. The number of fused-ring (bicyclic) bond motifs is 3. The molecule has 0 fully saturated rings. The van der Waals surface area contributed by atoms with Crippen LogP contribution in [0.25, 0.3) is 10.9 Å². The lowest BCUT2D eigenvalue weighted by atomic mass is 9.81. The fourth-order valence-corrected chi connectivity index (χ4v) is 4.99. The van der Waals surface area contributed by atoms with Gasteiger partial charge in [-0.3, -0.25) is 9.89 Å². The molecule has 2 amide bonds. The van der Waals surface area contributed by atoms with Gasteiger partial charge < -0.3 is 10.1 Å². The number of aromatic nitrogens is 2. The first-order valence-corrected chi connectivity index (χ1v) is 10.8. The van der Waals surface area contributed by atoms with Gasteiger partial charge in [-0.1, -0.05) is 6.07 Å². The molecule has 0 saturated heterocycles. The van der Waals surface area contributed by atoms with Crippen LogP contribution in [0.1, 0.15) is 43.6 Å². The molecule has 30 heavy (non-hydrogen) atoms. The van der Waals surface area contributed by atoms with Crippen molar-refractivity contribution in [1.82, 2.24) is 15.1 Å². The highest BCUT2D eigenvalue weighted by Crippen LogP contribution is 2.48. The maximum absolute atomic E-state index is 13.6. The minimum Gasteiger partial charge on any atom is -0.443 e. The third-order valence-electron chi connectivity index (χ3n) is 5.35. The smallest absolute Gasteiger partial charge is 0.417 e. The molecule has 2 aliphatic rings. The number of nitrogens with one attached hydrogen (secondary N) is 2. The molecule has 0 spiro atoms. The van der Waals surface area contributed by atoms with Crippen LogP contribution in [-0.4, -0.2) is 39.2 Å². The van der Waals surface area contributed by atoms with Crippen molar-refractivity contribution in [2.24, 2.45) is 0 Å². The number of carbonyl (C=O) groups excluding carboxylic acids is 2. The zero-order valence-corrected chi connectivity index (χ0v) is 17.8. The van der Waals surface area contributed by atoms with E-state index < -0.39 is 11.7 Å². The van der Waals surface area contributed by atoms with Crippen molar-refractivity contribution in [1.29, 1.82) is 0 Å².